The van der Waals surface area contributed by atoms with Crippen LogP contribution in [0.15, 0.2) is 0 Å². The third-order valence-electron chi connectivity index (χ3n) is 1.16. The van der Waals surface area contributed by atoms with Crippen LogP contribution >= 0.6 is 0 Å². The van der Waals surface area contributed by atoms with E-state index in [0.717, 1.165) is 6.42 Å². The summed E-state index contributed by atoms with van der Waals surface area (Å²) in [6, 6.07) is 0. The summed E-state index contributed by atoms with van der Waals surface area (Å²) in [7, 11) is 0. The summed E-state index contributed by atoms with van der Waals surface area (Å²) in [5.74, 6) is -3.49. The number of carbonyl (C=O) groups excluding carboxylic acids is 2. The molecule has 0 bridgehead atoms. The molecule has 0 aliphatic heterocycles. The summed E-state index contributed by atoms with van der Waals surface area (Å²) >= 11 is 0. The molecule has 0 saturated heterocycles. The van der Waals surface area contributed by atoms with Gasteiger partial charge in [-0.3, -0.25) is 0 Å². The fourth-order valence-corrected chi connectivity index (χ4v) is 0.407. The Morgan fingerprint density at radius 1 is 1.19 bits per heavy atom. The molecular weight excluding hydrogens is 276 g/mol. The van der Waals surface area contributed by atoms with Gasteiger partial charge in [0.05, 0.1) is 0 Å². The van der Waals surface area contributed by atoms with E-state index >= 15 is 0 Å². The van der Waals surface area contributed by atoms with Crippen LogP contribution in [0.4, 0.5) is 13.2 Å². The monoisotopic (exact) mass is 286 g/mol. The molecule has 0 N–H and O–H groups in total. The van der Waals surface area contributed by atoms with Gasteiger partial charge in [-0.1, -0.05) is 13.8 Å². The Morgan fingerprint density at radius 2 is 1.50 bits per heavy atom. The van der Waals surface area contributed by atoms with Crippen molar-refractivity contribution < 1.29 is 49.5 Å². The Bertz CT molecular complexity index is 216. The zero-order valence-electron chi connectivity index (χ0n) is 8.57. The van der Waals surface area contributed by atoms with Crippen molar-refractivity contribution in [2.45, 2.75) is 32.9 Å². The molecular formula is C8H11F3NiO4. The molecule has 0 saturated carbocycles. The molecule has 0 aromatic rings. The first-order valence-corrected chi connectivity index (χ1v) is 4.05. The zero-order chi connectivity index (χ0) is 12.6. The largest absolute Gasteiger partial charge is 2.00 e. The molecule has 0 heterocycles. The molecule has 0 unspecified atom stereocenters. The van der Waals surface area contributed by atoms with Crippen LogP contribution in [-0.2, 0) is 26.1 Å². The normalized spacial score (nSPS) is 9.88. The first-order chi connectivity index (χ1) is 6.57. The van der Waals surface area contributed by atoms with E-state index in [2.05, 4.69) is 0 Å². The van der Waals surface area contributed by atoms with Crippen molar-refractivity contribution in [1.82, 2.24) is 0 Å². The number of hydrogen-bond donors (Lipinski definition) is 0. The minimum atomic E-state index is -5.19. The topological polar surface area (TPSA) is 80.3 Å². The summed E-state index contributed by atoms with van der Waals surface area (Å²) < 4.78 is 31.5. The van der Waals surface area contributed by atoms with Crippen LogP contribution in [0.25, 0.3) is 0 Å². The molecule has 0 aliphatic carbocycles. The van der Waals surface area contributed by atoms with Crippen LogP contribution in [0.5, 0.6) is 0 Å². The Balaban J connectivity index is -0.000000200. The van der Waals surface area contributed by atoms with Gasteiger partial charge in [0.1, 0.15) is 5.97 Å². The summed E-state index contributed by atoms with van der Waals surface area (Å²) in [5, 5.41) is 18.6. The molecule has 0 amide bonds. The Morgan fingerprint density at radius 3 is 1.56 bits per heavy atom. The van der Waals surface area contributed by atoms with E-state index in [1.54, 1.807) is 0 Å². The summed E-state index contributed by atoms with van der Waals surface area (Å²) in [4.78, 5) is 18.6. The molecule has 0 radical (unpaired) electrons. The average molecular weight is 287 g/mol. The van der Waals surface area contributed by atoms with Crippen LogP contribution in [-0.4, -0.2) is 18.1 Å². The van der Waals surface area contributed by atoms with Crippen LogP contribution in [0.2, 0.25) is 0 Å². The summed E-state index contributed by atoms with van der Waals surface area (Å²) in [5.41, 5.74) is 0. The maximum Gasteiger partial charge on any atom is 2.00 e. The number of hydrogen-bond acceptors (Lipinski definition) is 4. The molecule has 8 heteroatoms. The van der Waals surface area contributed by atoms with E-state index in [0.29, 0.717) is 5.92 Å². The smallest absolute Gasteiger partial charge is 0.550 e. The second kappa shape index (κ2) is 9.45. The second-order valence-corrected chi connectivity index (χ2v) is 3.09. The van der Waals surface area contributed by atoms with Crippen LogP contribution in [0, 0.1) is 5.92 Å². The molecule has 4 nitrogen and oxygen atoms in total. The fourth-order valence-electron chi connectivity index (χ4n) is 0.407. The van der Waals surface area contributed by atoms with Gasteiger partial charge in [-0.05, 0) is 18.8 Å². The van der Waals surface area contributed by atoms with Crippen molar-refractivity contribution in [3.63, 3.8) is 0 Å². The minimum Gasteiger partial charge on any atom is -0.550 e. The molecule has 0 aromatic heterocycles. The van der Waals surface area contributed by atoms with Gasteiger partial charge in [-0.2, -0.15) is 13.2 Å². The first kappa shape index (κ1) is 20.6. The Kier molecular flexibility index (Phi) is 12.2. The van der Waals surface area contributed by atoms with Gasteiger partial charge in [0.15, 0.2) is 0 Å². The van der Waals surface area contributed by atoms with Crippen LogP contribution < -0.4 is 10.2 Å². The average Bonchev–Trinajstić information content (AvgIpc) is 2.00. The number of carbonyl (C=O) groups is 2. The number of aliphatic carboxylic acids is 2. The first-order valence-electron chi connectivity index (χ1n) is 4.05. The standard InChI is InChI=1S/C6H12O2.C2HF3O2.Ni/c1-5(2)3-4-6(7)8;3-2(4,5)1(6)7;/h5H,3-4H2,1-2H3,(H,7,8);(H,6,7);/q;;+2/p-2. The van der Waals surface area contributed by atoms with Gasteiger partial charge in [0, 0.05) is 5.97 Å². The summed E-state index contributed by atoms with van der Waals surface area (Å²) in [6.07, 6.45) is -4.28. The van der Waals surface area contributed by atoms with E-state index in [-0.39, 0.29) is 22.9 Å². The van der Waals surface area contributed by atoms with Crippen LogP contribution in [0.3, 0.4) is 0 Å². The van der Waals surface area contributed by atoms with E-state index in [1.807, 2.05) is 13.8 Å². The number of carboxylic acids is 2. The fraction of sp³-hybridized carbons (Fsp3) is 0.750. The van der Waals surface area contributed by atoms with E-state index in [1.165, 1.54) is 0 Å². The van der Waals surface area contributed by atoms with Crippen molar-refractivity contribution in [1.29, 1.82) is 0 Å². The van der Waals surface area contributed by atoms with Crippen LogP contribution in [0.1, 0.15) is 26.7 Å². The quantitative estimate of drug-likeness (QED) is 0.653. The van der Waals surface area contributed by atoms with Gasteiger partial charge in [-0.15, -0.1) is 0 Å². The minimum absolute atomic E-state index is 0. The molecule has 0 spiro atoms. The number of carboxylic acid groups (broad SMARTS) is 2. The van der Waals surface area contributed by atoms with Gasteiger partial charge in [-0.25, -0.2) is 0 Å². The maximum absolute atomic E-state index is 10.5. The van der Waals surface area contributed by atoms with Gasteiger partial charge < -0.3 is 19.8 Å². The number of halogens is 3. The molecule has 0 aromatic carbocycles. The Labute approximate surface area is 101 Å². The molecule has 98 valence electrons. The van der Waals surface area contributed by atoms with Crippen molar-refractivity contribution in [3.05, 3.63) is 0 Å². The third-order valence-corrected chi connectivity index (χ3v) is 1.16. The Hall–Kier alpha value is -0.776. The second-order valence-electron chi connectivity index (χ2n) is 3.09. The van der Waals surface area contributed by atoms with Gasteiger partial charge in [0.25, 0.3) is 0 Å². The number of rotatable bonds is 3. The predicted octanol–water partition coefficient (Wildman–Crippen LogP) is -0.531. The molecule has 0 atom stereocenters. The molecule has 0 aliphatic rings. The molecule has 0 rings (SSSR count). The van der Waals surface area contributed by atoms with E-state index < -0.39 is 18.1 Å². The maximum atomic E-state index is 10.5. The van der Waals surface area contributed by atoms with Gasteiger partial charge in [0.2, 0.25) is 0 Å². The summed E-state index contributed by atoms with van der Waals surface area (Å²) in [6.45, 7) is 3.98. The number of alkyl halides is 3. The molecule has 0 fully saturated rings. The van der Waals surface area contributed by atoms with Crippen molar-refractivity contribution >= 4 is 11.9 Å². The van der Waals surface area contributed by atoms with E-state index in [4.69, 9.17) is 9.90 Å². The third kappa shape index (κ3) is 18.9. The van der Waals surface area contributed by atoms with E-state index in [9.17, 15) is 23.1 Å². The van der Waals surface area contributed by atoms with Crippen molar-refractivity contribution in [3.8, 4) is 0 Å². The zero-order valence-corrected chi connectivity index (χ0v) is 9.56. The molecule has 16 heavy (non-hydrogen) atoms. The van der Waals surface area contributed by atoms with Crippen molar-refractivity contribution in [2.24, 2.45) is 5.92 Å². The SMILES string of the molecule is CC(C)CCC(=O)[O-].O=C([O-])C(F)(F)F.[Ni+2]. The van der Waals surface area contributed by atoms with Gasteiger partial charge >= 0.3 is 22.7 Å². The predicted molar refractivity (Wildman–Crippen MR) is 40.1 cm³/mol. The van der Waals surface area contributed by atoms with Crippen molar-refractivity contribution in [2.75, 3.05) is 0 Å².